The van der Waals surface area contributed by atoms with Gasteiger partial charge in [-0.3, -0.25) is 14.8 Å². The van der Waals surface area contributed by atoms with Gasteiger partial charge in [-0.15, -0.1) is 0 Å². The Labute approximate surface area is 141 Å². The van der Waals surface area contributed by atoms with Gasteiger partial charge in [0.25, 0.3) is 0 Å². The predicted molar refractivity (Wildman–Crippen MR) is 95.8 cm³/mol. The summed E-state index contributed by atoms with van der Waals surface area (Å²) in [6.07, 6.45) is 2.56. The zero-order valence-corrected chi connectivity index (χ0v) is 15.1. The van der Waals surface area contributed by atoms with Gasteiger partial charge in [0, 0.05) is 31.7 Å². The lowest BCUT2D eigenvalue weighted by atomic mass is 10.0. The first-order chi connectivity index (χ1) is 11.1. The van der Waals surface area contributed by atoms with E-state index in [0.29, 0.717) is 24.0 Å². The van der Waals surface area contributed by atoms with Crippen molar-refractivity contribution in [1.29, 1.82) is 0 Å². The third-order valence-electron chi connectivity index (χ3n) is 5.16. The molecule has 2 saturated heterocycles. The fraction of sp³-hybridized carbons (Fsp3) is 0.941. The van der Waals surface area contributed by atoms with Gasteiger partial charge in [0.2, 0.25) is 0 Å². The Morgan fingerprint density at radius 3 is 2.70 bits per heavy atom. The minimum Gasteiger partial charge on any atom is -0.379 e. The van der Waals surface area contributed by atoms with Gasteiger partial charge in [0.15, 0.2) is 5.96 Å². The van der Waals surface area contributed by atoms with E-state index in [1.165, 1.54) is 19.4 Å². The first-order valence-corrected chi connectivity index (χ1v) is 9.21. The average Bonchev–Trinajstić information content (AvgIpc) is 3.01. The molecular formula is C17H35N5O. The maximum absolute atomic E-state index is 6.09. The summed E-state index contributed by atoms with van der Waals surface area (Å²) in [5.41, 5.74) is 6.09. The van der Waals surface area contributed by atoms with Gasteiger partial charge in [-0.05, 0) is 31.8 Å². The van der Waals surface area contributed by atoms with Crippen LogP contribution in [0.2, 0.25) is 0 Å². The van der Waals surface area contributed by atoms with Crippen molar-refractivity contribution >= 4 is 5.96 Å². The molecule has 0 spiro atoms. The molecule has 0 aliphatic carbocycles. The Bertz CT molecular complexity index is 368. The second-order valence-electron chi connectivity index (χ2n) is 6.99. The molecule has 2 rings (SSSR count). The highest BCUT2D eigenvalue weighted by molar-refractivity contribution is 5.77. The molecule has 0 aromatic heterocycles. The van der Waals surface area contributed by atoms with Crippen molar-refractivity contribution in [2.24, 2.45) is 16.6 Å². The average molecular weight is 326 g/mol. The fourth-order valence-corrected chi connectivity index (χ4v) is 3.67. The molecule has 0 aromatic carbocycles. The Kier molecular flexibility index (Phi) is 7.59. The number of nitrogens with two attached hydrogens (primary N) is 1. The number of guanidine groups is 1. The molecule has 2 aliphatic heterocycles. The summed E-state index contributed by atoms with van der Waals surface area (Å²) in [4.78, 5) is 9.62. The minimum atomic E-state index is 0.442. The number of nitrogens with one attached hydrogen (secondary N) is 1. The highest BCUT2D eigenvalue weighted by Gasteiger charge is 2.24. The summed E-state index contributed by atoms with van der Waals surface area (Å²) in [7, 11) is 0. The van der Waals surface area contributed by atoms with Crippen molar-refractivity contribution in [3.05, 3.63) is 0 Å². The number of likely N-dealkylation sites (N-methyl/N-ethyl adjacent to an activating group) is 1. The normalized spacial score (nSPS) is 25.9. The molecule has 0 bridgehead atoms. The van der Waals surface area contributed by atoms with Crippen LogP contribution in [0.5, 0.6) is 0 Å². The van der Waals surface area contributed by atoms with Gasteiger partial charge in [0.1, 0.15) is 0 Å². The Morgan fingerprint density at radius 1 is 1.30 bits per heavy atom. The summed E-state index contributed by atoms with van der Waals surface area (Å²) < 4.78 is 5.45. The van der Waals surface area contributed by atoms with Crippen LogP contribution in [-0.2, 0) is 4.74 Å². The van der Waals surface area contributed by atoms with Crippen molar-refractivity contribution in [2.45, 2.75) is 45.7 Å². The molecule has 0 amide bonds. The Hall–Kier alpha value is -0.850. The van der Waals surface area contributed by atoms with Crippen LogP contribution < -0.4 is 11.1 Å². The number of rotatable bonds is 7. The maximum Gasteiger partial charge on any atom is 0.188 e. The number of ether oxygens (including phenoxy) is 1. The Balaban J connectivity index is 1.79. The van der Waals surface area contributed by atoms with Crippen molar-refractivity contribution in [1.82, 2.24) is 15.1 Å². The quantitative estimate of drug-likeness (QED) is 0.534. The zero-order valence-electron chi connectivity index (χ0n) is 15.1. The van der Waals surface area contributed by atoms with E-state index in [1.54, 1.807) is 0 Å². The summed E-state index contributed by atoms with van der Waals surface area (Å²) in [5.74, 6) is 1.15. The van der Waals surface area contributed by atoms with Crippen LogP contribution in [0.3, 0.4) is 0 Å². The van der Waals surface area contributed by atoms with E-state index < -0.39 is 0 Å². The lowest BCUT2D eigenvalue weighted by molar-refractivity contribution is 0.00868. The van der Waals surface area contributed by atoms with Crippen molar-refractivity contribution < 1.29 is 4.74 Å². The number of nitrogens with zero attached hydrogens (tertiary/aromatic N) is 3. The Morgan fingerprint density at radius 2 is 2.04 bits per heavy atom. The van der Waals surface area contributed by atoms with E-state index in [2.05, 4.69) is 40.9 Å². The van der Waals surface area contributed by atoms with Crippen molar-refractivity contribution in [3.63, 3.8) is 0 Å². The van der Waals surface area contributed by atoms with Crippen molar-refractivity contribution in [2.75, 3.05) is 52.5 Å². The van der Waals surface area contributed by atoms with Gasteiger partial charge in [-0.25, -0.2) is 0 Å². The molecule has 2 fully saturated rings. The molecule has 0 radical (unpaired) electrons. The van der Waals surface area contributed by atoms with Crippen LogP contribution in [0.1, 0.15) is 33.6 Å². The van der Waals surface area contributed by atoms with E-state index in [0.717, 1.165) is 45.9 Å². The van der Waals surface area contributed by atoms with E-state index >= 15 is 0 Å². The fourth-order valence-electron chi connectivity index (χ4n) is 3.67. The molecule has 2 unspecified atom stereocenters. The summed E-state index contributed by atoms with van der Waals surface area (Å²) in [5, 5.41) is 3.33. The van der Waals surface area contributed by atoms with E-state index in [9.17, 15) is 0 Å². The topological polar surface area (TPSA) is 66.1 Å². The van der Waals surface area contributed by atoms with Crippen molar-refractivity contribution in [3.8, 4) is 0 Å². The lowest BCUT2D eigenvalue weighted by Gasteiger charge is -2.36. The number of aliphatic imine (C=N–C) groups is 1. The SMILES string of the molecule is CCN1CCCC1CNC(N)=NCC(C(C)C)N1CCOCC1. The first kappa shape index (κ1) is 18.5. The molecule has 23 heavy (non-hydrogen) atoms. The third kappa shape index (κ3) is 5.62. The molecule has 3 N–H and O–H groups in total. The molecule has 6 nitrogen and oxygen atoms in total. The monoisotopic (exact) mass is 325 g/mol. The highest BCUT2D eigenvalue weighted by Crippen LogP contribution is 2.15. The van der Waals surface area contributed by atoms with E-state index in [1.807, 2.05) is 0 Å². The number of morpholine rings is 1. The molecule has 2 atom stereocenters. The second-order valence-corrected chi connectivity index (χ2v) is 6.99. The summed E-state index contributed by atoms with van der Waals surface area (Å²) >= 11 is 0. The van der Waals surface area contributed by atoms with E-state index in [4.69, 9.17) is 10.5 Å². The van der Waals surface area contributed by atoms with Crippen LogP contribution in [0.15, 0.2) is 4.99 Å². The molecule has 2 aliphatic rings. The minimum absolute atomic E-state index is 0.442. The van der Waals surface area contributed by atoms with Gasteiger partial charge in [-0.2, -0.15) is 0 Å². The molecule has 6 heteroatoms. The van der Waals surface area contributed by atoms with Gasteiger partial charge < -0.3 is 15.8 Å². The number of likely N-dealkylation sites (tertiary alicyclic amines) is 1. The van der Waals surface area contributed by atoms with Crippen LogP contribution in [0.4, 0.5) is 0 Å². The van der Waals surface area contributed by atoms with Gasteiger partial charge in [0.05, 0.1) is 19.8 Å². The molecule has 0 aromatic rings. The highest BCUT2D eigenvalue weighted by atomic mass is 16.5. The molecule has 2 heterocycles. The summed E-state index contributed by atoms with van der Waals surface area (Å²) in [6, 6.07) is 1.05. The number of hydrogen-bond acceptors (Lipinski definition) is 4. The molecule has 134 valence electrons. The molecule has 0 saturated carbocycles. The van der Waals surface area contributed by atoms with Crippen LogP contribution >= 0.6 is 0 Å². The number of hydrogen-bond donors (Lipinski definition) is 2. The standard InChI is InChI=1S/C17H35N5O/c1-4-21-7-5-6-15(21)12-19-17(18)20-13-16(14(2)3)22-8-10-23-11-9-22/h14-16H,4-13H2,1-3H3,(H3,18,19,20). The third-order valence-corrected chi connectivity index (χ3v) is 5.16. The summed E-state index contributed by atoms with van der Waals surface area (Å²) in [6.45, 7) is 14.4. The van der Waals surface area contributed by atoms with Crippen LogP contribution in [0.25, 0.3) is 0 Å². The zero-order chi connectivity index (χ0) is 16.7. The van der Waals surface area contributed by atoms with Crippen LogP contribution in [-0.4, -0.2) is 80.3 Å². The second kappa shape index (κ2) is 9.45. The van der Waals surface area contributed by atoms with Gasteiger partial charge in [-0.1, -0.05) is 20.8 Å². The van der Waals surface area contributed by atoms with Crippen LogP contribution in [0, 0.1) is 5.92 Å². The largest absolute Gasteiger partial charge is 0.379 e. The first-order valence-electron chi connectivity index (χ1n) is 9.21. The lowest BCUT2D eigenvalue weighted by Crippen LogP contribution is -2.48. The maximum atomic E-state index is 6.09. The smallest absolute Gasteiger partial charge is 0.188 e. The van der Waals surface area contributed by atoms with Gasteiger partial charge >= 0.3 is 0 Å². The molecular weight excluding hydrogens is 290 g/mol. The predicted octanol–water partition coefficient (Wildman–Crippen LogP) is 0.732. The van der Waals surface area contributed by atoms with E-state index in [-0.39, 0.29) is 0 Å².